The van der Waals surface area contributed by atoms with Gasteiger partial charge in [0.25, 0.3) is 0 Å². The summed E-state index contributed by atoms with van der Waals surface area (Å²) in [5.41, 5.74) is 0.0687. The van der Waals surface area contributed by atoms with Crippen LogP contribution in [0, 0.1) is 5.92 Å². The highest BCUT2D eigenvalue weighted by atomic mass is 16.2. The number of piperazine rings is 1. The number of carbonyl (C=O) groups is 2. The first-order valence-corrected chi connectivity index (χ1v) is 7.57. The Morgan fingerprint density at radius 3 is 2.38 bits per heavy atom. The minimum Gasteiger partial charge on any atom is -0.340 e. The zero-order chi connectivity index (χ0) is 15.6. The van der Waals surface area contributed by atoms with Gasteiger partial charge in [-0.1, -0.05) is 51.1 Å². The van der Waals surface area contributed by atoms with Crippen molar-refractivity contribution >= 4 is 11.8 Å². The Morgan fingerprint density at radius 2 is 1.86 bits per heavy atom. The highest BCUT2D eigenvalue weighted by molar-refractivity contribution is 6.00. The number of rotatable bonds is 4. The van der Waals surface area contributed by atoms with Gasteiger partial charge in [0.05, 0.1) is 0 Å². The summed E-state index contributed by atoms with van der Waals surface area (Å²) in [6, 6.07) is 8.98. The summed E-state index contributed by atoms with van der Waals surface area (Å²) < 4.78 is 0. The Kier molecular flexibility index (Phi) is 4.35. The molecule has 0 spiro atoms. The van der Waals surface area contributed by atoms with E-state index in [2.05, 4.69) is 19.2 Å². The van der Waals surface area contributed by atoms with E-state index in [1.165, 1.54) is 0 Å². The summed E-state index contributed by atoms with van der Waals surface area (Å²) in [6.45, 7) is 8.44. The molecule has 0 bridgehead atoms. The van der Waals surface area contributed by atoms with Crippen LogP contribution in [0.15, 0.2) is 30.3 Å². The van der Waals surface area contributed by atoms with Crippen molar-refractivity contribution in [1.82, 2.24) is 10.2 Å². The van der Waals surface area contributed by atoms with Gasteiger partial charge in [0, 0.05) is 6.54 Å². The fourth-order valence-corrected chi connectivity index (χ4v) is 2.76. The SMILES string of the molecule is CCC1(C)NC(=O)C(c2ccccc2)N(CC(C)C)C1=O. The summed E-state index contributed by atoms with van der Waals surface area (Å²) in [4.78, 5) is 27.2. The van der Waals surface area contributed by atoms with E-state index in [-0.39, 0.29) is 11.8 Å². The van der Waals surface area contributed by atoms with Gasteiger partial charge in [-0.3, -0.25) is 9.59 Å². The first-order chi connectivity index (χ1) is 9.89. The van der Waals surface area contributed by atoms with Gasteiger partial charge in [-0.2, -0.15) is 0 Å². The zero-order valence-corrected chi connectivity index (χ0v) is 13.2. The molecule has 114 valence electrons. The molecule has 1 heterocycles. The summed E-state index contributed by atoms with van der Waals surface area (Å²) in [7, 11) is 0. The number of hydrogen-bond donors (Lipinski definition) is 1. The van der Waals surface area contributed by atoms with Crippen LogP contribution in [0.5, 0.6) is 0 Å². The van der Waals surface area contributed by atoms with Crippen molar-refractivity contribution in [2.75, 3.05) is 6.54 Å². The maximum Gasteiger partial charge on any atom is 0.248 e. The predicted octanol–water partition coefficient (Wildman–Crippen LogP) is 2.51. The Hall–Kier alpha value is -1.84. The molecular formula is C17H24N2O2. The predicted molar refractivity (Wildman–Crippen MR) is 82.6 cm³/mol. The van der Waals surface area contributed by atoms with Crippen LogP contribution in [0.2, 0.25) is 0 Å². The molecule has 1 aliphatic heterocycles. The standard InChI is InChI=1S/C17H24N2O2/c1-5-17(4)16(21)19(11-12(2)3)14(15(20)18-17)13-9-7-6-8-10-13/h6-10,12,14H,5,11H2,1-4H3,(H,18,20). The molecule has 1 N–H and O–H groups in total. The molecular weight excluding hydrogens is 264 g/mol. The van der Waals surface area contributed by atoms with Gasteiger partial charge in [0.15, 0.2) is 0 Å². The number of hydrogen-bond acceptors (Lipinski definition) is 2. The number of carbonyl (C=O) groups excluding carboxylic acids is 2. The molecule has 1 aliphatic rings. The maximum absolute atomic E-state index is 12.9. The first-order valence-electron chi connectivity index (χ1n) is 7.57. The van der Waals surface area contributed by atoms with E-state index in [1.54, 1.807) is 4.90 Å². The van der Waals surface area contributed by atoms with Crippen molar-refractivity contribution in [1.29, 1.82) is 0 Å². The molecule has 0 saturated carbocycles. The Morgan fingerprint density at radius 1 is 1.24 bits per heavy atom. The van der Waals surface area contributed by atoms with Crippen LogP contribution in [-0.2, 0) is 9.59 Å². The van der Waals surface area contributed by atoms with E-state index < -0.39 is 11.6 Å². The molecule has 0 aliphatic carbocycles. The molecule has 2 atom stereocenters. The van der Waals surface area contributed by atoms with E-state index in [0.717, 1.165) is 5.56 Å². The van der Waals surface area contributed by atoms with Gasteiger partial charge in [0.2, 0.25) is 11.8 Å². The summed E-state index contributed by atoms with van der Waals surface area (Å²) in [5, 5.41) is 2.91. The van der Waals surface area contributed by atoms with E-state index in [4.69, 9.17) is 0 Å². The quantitative estimate of drug-likeness (QED) is 0.925. The second kappa shape index (κ2) is 5.88. The first kappa shape index (κ1) is 15.5. The third-order valence-electron chi connectivity index (χ3n) is 4.08. The number of nitrogens with one attached hydrogen (secondary N) is 1. The second-order valence-electron chi connectivity index (χ2n) is 6.34. The minimum absolute atomic E-state index is 0.00662. The van der Waals surface area contributed by atoms with Crippen molar-refractivity contribution in [3.8, 4) is 0 Å². The van der Waals surface area contributed by atoms with Gasteiger partial charge in [-0.25, -0.2) is 0 Å². The second-order valence-corrected chi connectivity index (χ2v) is 6.34. The van der Waals surface area contributed by atoms with Gasteiger partial charge >= 0.3 is 0 Å². The van der Waals surface area contributed by atoms with Crippen LogP contribution in [0.25, 0.3) is 0 Å². The van der Waals surface area contributed by atoms with Crippen LogP contribution in [0.4, 0.5) is 0 Å². The molecule has 4 nitrogen and oxygen atoms in total. The van der Waals surface area contributed by atoms with Crippen molar-refractivity contribution in [3.63, 3.8) is 0 Å². The molecule has 2 rings (SSSR count). The van der Waals surface area contributed by atoms with E-state index in [1.807, 2.05) is 44.2 Å². The molecule has 0 radical (unpaired) electrons. The van der Waals surface area contributed by atoms with Crippen molar-refractivity contribution in [2.45, 2.75) is 45.7 Å². The summed E-state index contributed by atoms with van der Waals surface area (Å²) in [6.07, 6.45) is 0.591. The van der Waals surface area contributed by atoms with Crippen molar-refractivity contribution in [2.24, 2.45) is 5.92 Å². The van der Waals surface area contributed by atoms with Gasteiger partial charge in [-0.05, 0) is 24.8 Å². The fourth-order valence-electron chi connectivity index (χ4n) is 2.76. The largest absolute Gasteiger partial charge is 0.340 e. The monoisotopic (exact) mass is 288 g/mol. The van der Waals surface area contributed by atoms with Gasteiger partial charge in [0.1, 0.15) is 11.6 Å². The van der Waals surface area contributed by atoms with E-state index >= 15 is 0 Å². The topological polar surface area (TPSA) is 49.4 Å². The van der Waals surface area contributed by atoms with Crippen LogP contribution in [-0.4, -0.2) is 28.8 Å². The Bertz CT molecular complexity index is 527. The normalized spacial score (nSPS) is 26.1. The molecule has 1 fully saturated rings. The molecule has 1 aromatic rings. The molecule has 1 saturated heterocycles. The number of nitrogens with zero attached hydrogens (tertiary/aromatic N) is 1. The lowest BCUT2D eigenvalue weighted by Gasteiger charge is -2.45. The maximum atomic E-state index is 12.9. The number of benzene rings is 1. The van der Waals surface area contributed by atoms with Crippen molar-refractivity contribution in [3.05, 3.63) is 35.9 Å². The third kappa shape index (κ3) is 2.94. The van der Waals surface area contributed by atoms with Gasteiger partial charge in [-0.15, -0.1) is 0 Å². The minimum atomic E-state index is -0.794. The number of amides is 2. The average Bonchev–Trinajstić information content (AvgIpc) is 2.45. The molecule has 2 unspecified atom stereocenters. The molecule has 2 amide bonds. The highest BCUT2D eigenvalue weighted by Crippen LogP contribution is 2.31. The van der Waals surface area contributed by atoms with Crippen molar-refractivity contribution < 1.29 is 9.59 Å². The summed E-state index contributed by atoms with van der Waals surface area (Å²) >= 11 is 0. The molecule has 21 heavy (non-hydrogen) atoms. The van der Waals surface area contributed by atoms with Crippen LogP contribution in [0.3, 0.4) is 0 Å². The van der Waals surface area contributed by atoms with Crippen LogP contribution in [0.1, 0.15) is 45.7 Å². The molecule has 0 aromatic heterocycles. The molecule has 1 aromatic carbocycles. The average molecular weight is 288 g/mol. The Balaban J connectivity index is 2.42. The van der Waals surface area contributed by atoms with Gasteiger partial charge < -0.3 is 10.2 Å². The van der Waals surface area contributed by atoms with E-state index in [9.17, 15) is 9.59 Å². The molecule has 4 heteroatoms. The summed E-state index contributed by atoms with van der Waals surface area (Å²) in [5.74, 6) is 0.227. The Labute approximate surface area is 126 Å². The lowest BCUT2D eigenvalue weighted by molar-refractivity contribution is -0.155. The van der Waals surface area contributed by atoms with E-state index in [0.29, 0.717) is 18.9 Å². The zero-order valence-electron chi connectivity index (χ0n) is 13.2. The lowest BCUT2D eigenvalue weighted by Crippen LogP contribution is -2.66. The van der Waals surface area contributed by atoms with Crippen LogP contribution < -0.4 is 5.32 Å². The highest BCUT2D eigenvalue weighted by Gasteiger charge is 2.47. The lowest BCUT2D eigenvalue weighted by atomic mass is 9.89. The third-order valence-corrected chi connectivity index (χ3v) is 4.08. The van der Waals surface area contributed by atoms with Crippen LogP contribution >= 0.6 is 0 Å². The fraction of sp³-hybridized carbons (Fsp3) is 0.529. The smallest absolute Gasteiger partial charge is 0.248 e.